The second kappa shape index (κ2) is 17.7. The zero-order valence-electron chi connectivity index (χ0n) is 32.7. The largest absolute Gasteiger partial charge is 0.384 e. The van der Waals surface area contributed by atoms with Crippen molar-refractivity contribution in [3.8, 4) is 0 Å². The standard InChI is InChI=1S/C44H41ClFN9O6/c45-31-5-1-2-6-33(31)51-40(58)27-10-14-28(15-11-27)49-39-32(46)24-48-44(53-39)50-29-12-8-25(9-13-29)22-37(57)54-20-18-26(19-21-54)23-47-34-7-3-4-30-38(34)43(61)55(42(30)60)35-16-17-36(56)52-41(35)59/h1-15,24,26,35,43,47,61H,16-23H2,(H,51,58)(H,52,56,59)(H2,48,49,50,53). The van der Waals surface area contributed by atoms with Crippen molar-refractivity contribution in [3.63, 3.8) is 0 Å². The van der Waals surface area contributed by atoms with E-state index in [0.717, 1.165) is 29.5 Å². The van der Waals surface area contributed by atoms with Gasteiger partial charge in [-0.1, -0.05) is 41.9 Å². The molecule has 312 valence electrons. The van der Waals surface area contributed by atoms with E-state index in [1.807, 2.05) is 17.0 Å². The lowest BCUT2D eigenvalue weighted by atomic mass is 9.95. The zero-order chi connectivity index (χ0) is 42.6. The molecular formula is C44H41ClFN9O6. The summed E-state index contributed by atoms with van der Waals surface area (Å²) in [5, 5.41) is 26.0. The molecule has 1 aromatic heterocycles. The fraction of sp³-hybridized carbons (Fsp3) is 0.250. The molecule has 61 heavy (non-hydrogen) atoms. The van der Waals surface area contributed by atoms with E-state index in [2.05, 4.69) is 36.6 Å². The molecule has 2 atom stereocenters. The Morgan fingerprint density at radius 2 is 1.57 bits per heavy atom. The van der Waals surface area contributed by atoms with E-state index >= 15 is 0 Å². The smallest absolute Gasteiger partial charge is 0.257 e. The van der Waals surface area contributed by atoms with Crippen LogP contribution in [0.3, 0.4) is 0 Å². The summed E-state index contributed by atoms with van der Waals surface area (Å²) < 4.78 is 14.7. The first-order valence-corrected chi connectivity index (χ1v) is 20.2. The lowest BCUT2D eigenvalue weighted by Crippen LogP contribution is -2.53. The highest BCUT2D eigenvalue weighted by Crippen LogP contribution is 2.40. The highest BCUT2D eigenvalue weighted by molar-refractivity contribution is 6.33. The van der Waals surface area contributed by atoms with Crippen molar-refractivity contribution < 1.29 is 33.5 Å². The SMILES string of the molecule is O=C1CCC(N2C(=O)c3cccc(NCC4CCN(C(=O)Cc5ccc(Nc6ncc(F)c(Nc7ccc(C(=O)Nc8ccccc8Cl)cc7)n6)cc5)CC4)c3C2O)C(=O)N1. The molecule has 2 fully saturated rings. The highest BCUT2D eigenvalue weighted by Gasteiger charge is 2.45. The van der Waals surface area contributed by atoms with E-state index in [4.69, 9.17) is 11.6 Å². The van der Waals surface area contributed by atoms with Gasteiger partial charge in [0.1, 0.15) is 6.04 Å². The predicted octanol–water partition coefficient (Wildman–Crippen LogP) is 6.15. The molecule has 2 unspecified atom stereocenters. The molecule has 17 heteroatoms. The number of amides is 5. The van der Waals surface area contributed by atoms with Gasteiger partial charge in [-0.05, 0) is 91.4 Å². The number of piperidine rings is 2. The summed E-state index contributed by atoms with van der Waals surface area (Å²) in [6, 6.07) is 24.8. The van der Waals surface area contributed by atoms with Crippen LogP contribution in [-0.2, 0) is 20.8 Å². The lowest BCUT2D eigenvalue weighted by molar-refractivity contribution is -0.139. The highest BCUT2D eigenvalue weighted by atomic mass is 35.5. The molecule has 4 heterocycles. The normalized spacial score (nSPS) is 17.7. The summed E-state index contributed by atoms with van der Waals surface area (Å²) in [4.78, 5) is 74.7. The Bertz CT molecular complexity index is 2500. The maximum atomic E-state index is 14.7. The van der Waals surface area contributed by atoms with Gasteiger partial charge in [0.25, 0.3) is 11.8 Å². The third kappa shape index (κ3) is 9.15. The van der Waals surface area contributed by atoms with Gasteiger partial charge in [-0.3, -0.25) is 34.2 Å². The maximum absolute atomic E-state index is 14.7. The van der Waals surface area contributed by atoms with Gasteiger partial charge in [0, 0.05) is 59.8 Å². The quantitative estimate of drug-likeness (QED) is 0.0788. The Morgan fingerprint density at radius 1 is 0.869 bits per heavy atom. The number of hydrogen-bond donors (Lipinski definition) is 6. The van der Waals surface area contributed by atoms with Crippen LogP contribution in [0.25, 0.3) is 0 Å². The molecule has 8 rings (SSSR count). The number of para-hydroxylation sites is 1. The van der Waals surface area contributed by atoms with E-state index in [1.54, 1.807) is 78.9 Å². The van der Waals surface area contributed by atoms with Crippen LogP contribution in [0.4, 0.5) is 38.9 Å². The summed E-state index contributed by atoms with van der Waals surface area (Å²) in [6.45, 7) is 1.74. The molecule has 0 saturated carbocycles. The number of nitrogens with one attached hydrogen (secondary N) is 5. The number of fused-ring (bicyclic) bond motifs is 1. The minimum Gasteiger partial charge on any atom is -0.384 e. The molecule has 15 nitrogen and oxygen atoms in total. The van der Waals surface area contributed by atoms with Crippen LogP contribution < -0.4 is 26.6 Å². The number of anilines is 6. The van der Waals surface area contributed by atoms with Crippen LogP contribution >= 0.6 is 11.6 Å². The summed E-state index contributed by atoms with van der Waals surface area (Å²) in [5.74, 6) is -2.13. The van der Waals surface area contributed by atoms with E-state index in [1.165, 1.54) is 0 Å². The van der Waals surface area contributed by atoms with Crippen LogP contribution in [-0.4, -0.2) is 80.1 Å². The fourth-order valence-electron chi connectivity index (χ4n) is 7.71. The number of aliphatic hydroxyl groups is 1. The van der Waals surface area contributed by atoms with Crippen LogP contribution in [0.2, 0.25) is 5.02 Å². The Hall–Kier alpha value is -6.91. The number of benzene rings is 4. The second-order valence-corrected chi connectivity index (χ2v) is 15.5. The number of nitrogens with zero attached hydrogens (tertiary/aromatic N) is 4. The molecule has 5 amide bonds. The zero-order valence-corrected chi connectivity index (χ0v) is 33.4. The van der Waals surface area contributed by atoms with Gasteiger partial charge in [0.2, 0.25) is 23.7 Å². The number of rotatable bonds is 12. The van der Waals surface area contributed by atoms with Gasteiger partial charge in [0.15, 0.2) is 17.9 Å². The molecule has 3 aliphatic heterocycles. The first-order chi connectivity index (χ1) is 29.5. The number of carbonyl (C=O) groups excluding carboxylic acids is 5. The van der Waals surface area contributed by atoms with E-state index in [-0.39, 0.29) is 48.8 Å². The summed E-state index contributed by atoms with van der Waals surface area (Å²) in [7, 11) is 0. The molecule has 0 bridgehead atoms. The van der Waals surface area contributed by atoms with E-state index in [0.29, 0.717) is 64.1 Å². The predicted molar refractivity (Wildman–Crippen MR) is 226 cm³/mol. The van der Waals surface area contributed by atoms with Crippen molar-refractivity contribution in [2.24, 2.45) is 5.92 Å². The van der Waals surface area contributed by atoms with Crippen LogP contribution in [0.15, 0.2) is 97.2 Å². The Kier molecular flexibility index (Phi) is 11.9. The minimum absolute atomic E-state index is 0.00927. The Labute approximate surface area is 354 Å². The van der Waals surface area contributed by atoms with Crippen molar-refractivity contribution in [1.82, 2.24) is 25.1 Å². The summed E-state index contributed by atoms with van der Waals surface area (Å²) in [6.07, 6.45) is 1.71. The van der Waals surface area contributed by atoms with Crippen LogP contribution in [0, 0.1) is 11.7 Å². The van der Waals surface area contributed by atoms with E-state index in [9.17, 15) is 33.5 Å². The van der Waals surface area contributed by atoms with Crippen LogP contribution in [0.5, 0.6) is 0 Å². The third-order valence-electron chi connectivity index (χ3n) is 11.0. The number of aromatic nitrogens is 2. The van der Waals surface area contributed by atoms with Crippen molar-refractivity contribution in [3.05, 3.63) is 130 Å². The van der Waals surface area contributed by atoms with E-state index < -0.39 is 35.8 Å². The number of aliphatic hydroxyl groups excluding tert-OH is 1. The van der Waals surface area contributed by atoms with Gasteiger partial charge in [-0.25, -0.2) is 9.37 Å². The maximum Gasteiger partial charge on any atom is 0.257 e. The molecular weight excluding hydrogens is 805 g/mol. The molecule has 0 aliphatic carbocycles. The molecule has 4 aromatic carbocycles. The molecule has 3 aliphatic rings. The number of halogens is 2. The third-order valence-corrected chi connectivity index (χ3v) is 11.4. The number of carbonyl (C=O) groups is 5. The van der Waals surface area contributed by atoms with Gasteiger partial charge >= 0.3 is 0 Å². The first-order valence-electron chi connectivity index (χ1n) is 19.8. The van der Waals surface area contributed by atoms with Gasteiger partial charge in [-0.15, -0.1) is 0 Å². The molecule has 0 spiro atoms. The lowest BCUT2D eigenvalue weighted by Gasteiger charge is -2.33. The van der Waals surface area contributed by atoms with Crippen molar-refractivity contribution in [2.45, 2.75) is 44.4 Å². The minimum atomic E-state index is -1.33. The number of likely N-dealkylation sites (tertiary alicyclic amines) is 1. The van der Waals surface area contributed by atoms with Crippen LogP contribution in [0.1, 0.15) is 63.8 Å². The molecule has 0 radical (unpaired) electrons. The molecule has 6 N–H and O–H groups in total. The summed E-state index contributed by atoms with van der Waals surface area (Å²) >= 11 is 6.15. The Morgan fingerprint density at radius 3 is 2.31 bits per heavy atom. The first kappa shape index (κ1) is 40.9. The van der Waals surface area contributed by atoms with Gasteiger partial charge in [-0.2, -0.15) is 4.98 Å². The molecule has 5 aromatic rings. The van der Waals surface area contributed by atoms with Gasteiger partial charge in [0.05, 0.1) is 23.3 Å². The number of hydrogen-bond acceptors (Lipinski definition) is 11. The summed E-state index contributed by atoms with van der Waals surface area (Å²) in [5.41, 5.74) is 4.17. The van der Waals surface area contributed by atoms with Crippen molar-refractivity contribution in [1.29, 1.82) is 0 Å². The molecule has 2 saturated heterocycles. The topological polar surface area (TPSA) is 198 Å². The van der Waals surface area contributed by atoms with Crippen molar-refractivity contribution in [2.75, 3.05) is 40.9 Å². The Balaban J connectivity index is 0.798. The monoisotopic (exact) mass is 845 g/mol. The second-order valence-electron chi connectivity index (χ2n) is 15.1. The van der Waals surface area contributed by atoms with Gasteiger partial charge < -0.3 is 31.3 Å². The average Bonchev–Trinajstić information content (AvgIpc) is 3.52. The average molecular weight is 846 g/mol. The fourth-order valence-corrected chi connectivity index (χ4v) is 7.89. The van der Waals surface area contributed by atoms with Crippen molar-refractivity contribution >= 4 is 75.7 Å². The number of imide groups is 1.